The lowest BCUT2D eigenvalue weighted by atomic mass is 9.97. The van der Waals surface area contributed by atoms with Gasteiger partial charge in [-0.2, -0.15) is 0 Å². The molecule has 0 saturated carbocycles. The molecule has 0 spiro atoms. The van der Waals surface area contributed by atoms with Gasteiger partial charge in [-0.1, -0.05) is 59.8 Å². The molecule has 4 nitrogen and oxygen atoms in total. The Bertz CT molecular complexity index is 679. The van der Waals surface area contributed by atoms with E-state index in [1.54, 1.807) is 0 Å². The molecular weight excluding hydrogens is 314 g/mol. The number of ether oxygens (including phenoxy) is 2. The standard InChI is InChI=1S/C21H25NO3/c1-17(22-25-16-15-24-21-13-7-8-14-23-21)19-11-5-6-12-20(19)18-9-3-2-4-10-18/h2-6,9-12,21H,7-8,13-16H2,1H3. The summed E-state index contributed by atoms with van der Waals surface area (Å²) < 4.78 is 11.2. The molecule has 1 aliphatic rings. The summed E-state index contributed by atoms with van der Waals surface area (Å²) in [5, 5.41) is 4.26. The lowest BCUT2D eigenvalue weighted by Crippen LogP contribution is -2.23. The van der Waals surface area contributed by atoms with E-state index in [0.717, 1.165) is 36.3 Å². The van der Waals surface area contributed by atoms with Crippen LogP contribution in [-0.4, -0.2) is 31.8 Å². The van der Waals surface area contributed by atoms with Crippen molar-refractivity contribution in [3.8, 4) is 11.1 Å². The van der Waals surface area contributed by atoms with Crippen LogP contribution in [0.4, 0.5) is 0 Å². The molecule has 4 heteroatoms. The fourth-order valence-electron chi connectivity index (χ4n) is 2.92. The van der Waals surface area contributed by atoms with E-state index in [4.69, 9.17) is 14.3 Å². The van der Waals surface area contributed by atoms with Crippen LogP contribution in [0.2, 0.25) is 0 Å². The summed E-state index contributed by atoms with van der Waals surface area (Å²) in [5.74, 6) is 0. The fourth-order valence-corrected chi connectivity index (χ4v) is 2.92. The zero-order valence-corrected chi connectivity index (χ0v) is 14.7. The zero-order chi connectivity index (χ0) is 17.3. The lowest BCUT2D eigenvalue weighted by Gasteiger charge is -2.22. The van der Waals surface area contributed by atoms with Crippen molar-refractivity contribution in [2.75, 3.05) is 19.8 Å². The van der Waals surface area contributed by atoms with Crippen molar-refractivity contribution in [1.82, 2.24) is 0 Å². The van der Waals surface area contributed by atoms with Gasteiger partial charge in [0.2, 0.25) is 0 Å². The second kappa shape index (κ2) is 9.35. The second-order valence-electron chi connectivity index (χ2n) is 6.09. The lowest BCUT2D eigenvalue weighted by molar-refractivity contribution is -0.169. The molecule has 1 atom stereocenters. The molecular formula is C21H25NO3. The van der Waals surface area contributed by atoms with Crippen molar-refractivity contribution in [3.63, 3.8) is 0 Å². The topological polar surface area (TPSA) is 40.0 Å². The Morgan fingerprint density at radius 1 is 1.04 bits per heavy atom. The summed E-state index contributed by atoms with van der Waals surface area (Å²) in [6.45, 7) is 3.67. The van der Waals surface area contributed by atoms with E-state index in [-0.39, 0.29) is 6.29 Å². The Hall–Kier alpha value is -2.17. The van der Waals surface area contributed by atoms with E-state index in [1.807, 2.05) is 37.3 Å². The maximum absolute atomic E-state index is 5.65. The van der Waals surface area contributed by atoms with Gasteiger partial charge >= 0.3 is 0 Å². The molecule has 132 valence electrons. The molecule has 2 aromatic rings. The molecule has 2 aromatic carbocycles. The summed E-state index contributed by atoms with van der Waals surface area (Å²) in [7, 11) is 0. The predicted molar refractivity (Wildman–Crippen MR) is 99.6 cm³/mol. The van der Waals surface area contributed by atoms with E-state index in [2.05, 4.69) is 29.4 Å². The minimum absolute atomic E-state index is 0.0822. The molecule has 25 heavy (non-hydrogen) atoms. The first-order chi connectivity index (χ1) is 12.3. The third kappa shape index (κ3) is 5.15. The van der Waals surface area contributed by atoms with Crippen molar-refractivity contribution >= 4 is 5.71 Å². The molecule has 1 aliphatic heterocycles. The Balaban J connectivity index is 1.55. The average Bonchev–Trinajstić information content (AvgIpc) is 2.69. The highest BCUT2D eigenvalue weighted by Gasteiger charge is 2.13. The van der Waals surface area contributed by atoms with Gasteiger partial charge < -0.3 is 14.3 Å². The third-order valence-electron chi connectivity index (χ3n) is 4.22. The SMILES string of the molecule is CC(=NOCCOC1CCCCO1)c1ccccc1-c1ccccc1. The number of rotatable bonds is 7. The van der Waals surface area contributed by atoms with Crippen molar-refractivity contribution in [2.24, 2.45) is 5.16 Å². The summed E-state index contributed by atoms with van der Waals surface area (Å²) in [5.41, 5.74) is 4.25. The first kappa shape index (κ1) is 17.6. The minimum Gasteiger partial charge on any atom is -0.393 e. The number of oxime groups is 1. The van der Waals surface area contributed by atoms with Crippen LogP contribution in [0, 0.1) is 0 Å². The first-order valence-corrected chi connectivity index (χ1v) is 8.89. The van der Waals surface area contributed by atoms with Gasteiger partial charge in [0.15, 0.2) is 6.29 Å². The van der Waals surface area contributed by atoms with Gasteiger partial charge in [-0.15, -0.1) is 0 Å². The fraction of sp³-hybridized carbons (Fsp3) is 0.381. The molecule has 0 aliphatic carbocycles. The van der Waals surface area contributed by atoms with Crippen LogP contribution in [0.5, 0.6) is 0 Å². The Morgan fingerprint density at radius 3 is 2.64 bits per heavy atom. The highest BCUT2D eigenvalue weighted by molar-refractivity contribution is 6.04. The number of benzene rings is 2. The van der Waals surface area contributed by atoms with Gasteiger partial charge in [-0.05, 0) is 37.3 Å². The predicted octanol–water partition coefficient (Wildman–Crippen LogP) is 4.64. The Labute approximate surface area is 149 Å². The Morgan fingerprint density at radius 2 is 1.84 bits per heavy atom. The highest BCUT2D eigenvalue weighted by atomic mass is 16.7. The van der Waals surface area contributed by atoms with Crippen LogP contribution >= 0.6 is 0 Å². The molecule has 1 fully saturated rings. The van der Waals surface area contributed by atoms with Gasteiger partial charge in [0.05, 0.1) is 12.3 Å². The third-order valence-corrected chi connectivity index (χ3v) is 4.22. The van der Waals surface area contributed by atoms with E-state index in [1.165, 1.54) is 12.0 Å². The van der Waals surface area contributed by atoms with Crippen molar-refractivity contribution in [2.45, 2.75) is 32.5 Å². The van der Waals surface area contributed by atoms with E-state index in [0.29, 0.717) is 13.2 Å². The van der Waals surface area contributed by atoms with Gasteiger partial charge in [0.1, 0.15) is 6.61 Å². The van der Waals surface area contributed by atoms with Gasteiger partial charge in [0.25, 0.3) is 0 Å². The quantitative estimate of drug-likeness (QED) is 0.419. The largest absolute Gasteiger partial charge is 0.393 e. The molecule has 0 radical (unpaired) electrons. The molecule has 0 bridgehead atoms. The van der Waals surface area contributed by atoms with Crippen LogP contribution in [0.15, 0.2) is 59.8 Å². The summed E-state index contributed by atoms with van der Waals surface area (Å²) >= 11 is 0. The number of hydrogen-bond donors (Lipinski definition) is 0. The zero-order valence-electron chi connectivity index (χ0n) is 14.7. The van der Waals surface area contributed by atoms with Gasteiger partial charge in [-0.3, -0.25) is 0 Å². The molecule has 0 amide bonds. The number of nitrogens with zero attached hydrogens (tertiary/aromatic N) is 1. The van der Waals surface area contributed by atoms with Crippen LogP contribution in [0.1, 0.15) is 31.7 Å². The van der Waals surface area contributed by atoms with Crippen LogP contribution in [-0.2, 0) is 14.3 Å². The minimum atomic E-state index is -0.0822. The Kier molecular flexibility index (Phi) is 6.60. The first-order valence-electron chi connectivity index (χ1n) is 8.89. The summed E-state index contributed by atoms with van der Waals surface area (Å²) in [6, 6.07) is 18.5. The maximum Gasteiger partial charge on any atom is 0.157 e. The van der Waals surface area contributed by atoms with Crippen molar-refractivity contribution in [1.29, 1.82) is 0 Å². The van der Waals surface area contributed by atoms with E-state index in [9.17, 15) is 0 Å². The van der Waals surface area contributed by atoms with Crippen LogP contribution in [0.3, 0.4) is 0 Å². The normalized spacial score (nSPS) is 18.1. The molecule has 1 heterocycles. The van der Waals surface area contributed by atoms with Crippen LogP contribution in [0.25, 0.3) is 11.1 Å². The molecule has 0 N–H and O–H groups in total. The van der Waals surface area contributed by atoms with Gasteiger partial charge in [-0.25, -0.2) is 0 Å². The molecule has 3 rings (SSSR count). The molecule has 1 unspecified atom stereocenters. The maximum atomic E-state index is 5.65. The average molecular weight is 339 g/mol. The van der Waals surface area contributed by atoms with E-state index >= 15 is 0 Å². The van der Waals surface area contributed by atoms with Crippen molar-refractivity contribution < 1.29 is 14.3 Å². The molecule has 0 aromatic heterocycles. The number of hydrogen-bond acceptors (Lipinski definition) is 4. The van der Waals surface area contributed by atoms with Crippen LogP contribution < -0.4 is 0 Å². The monoisotopic (exact) mass is 339 g/mol. The highest BCUT2D eigenvalue weighted by Crippen LogP contribution is 2.24. The molecule has 1 saturated heterocycles. The summed E-state index contributed by atoms with van der Waals surface area (Å²) in [4.78, 5) is 5.44. The van der Waals surface area contributed by atoms with Crippen molar-refractivity contribution in [3.05, 3.63) is 60.2 Å². The second-order valence-corrected chi connectivity index (χ2v) is 6.09. The smallest absolute Gasteiger partial charge is 0.157 e. The van der Waals surface area contributed by atoms with E-state index < -0.39 is 0 Å². The summed E-state index contributed by atoms with van der Waals surface area (Å²) in [6.07, 6.45) is 3.17. The van der Waals surface area contributed by atoms with Gasteiger partial charge in [0, 0.05) is 12.2 Å².